The van der Waals surface area contributed by atoms with Crippen molar-refractivity contribution in [2.24, 2.45) is 0 Å². The van der Waals surface area contributed by atoms with Crippen LogP contribution in [0.4, 0.5) is 10.2 Å². The summed E-state index contributed by atoms with van der Waals surface area (Å²) in [4.78, 5) is 13.1. The van der Waals surface area contributed by atoms with E-state index >= 15 is 0 Å². The first-order chi connectivity index (χ1) is 9.93. The minimum absolute atomic E-state index is 0.0741. The van der Waals surface area contributed by atoms with E-state index in [1.807, 2.05) is 0 Å². The number of fused-ring (bicyclic) bond motifs is 1. The second kappa shape index (κ2) is 6.24. The summed E-state index contributed by atoms with van der Waals surface area (Å²) in [6.45, 7) is -0.407. The van der Waals surface area contributed by atoms with Crippen molar-refractivity contribution < 1.29 is 29.6 Å². The van der Waals surface area contributed by atoms with Crippen LogP contribution >= 0.6 is 0 Å². The number of aromatic nitrogens is 4. The summed E-state index contributed by atoms with van der Waals surface area (Å²) >= 11 is 0. The molecule has 2 aromatic rings. The van der Waals surface area contributed by atoms with Crippen molar-refractivity contribution >= 4 is 17.0 Å². The van der Waals surface area contributed by atoms with E-state index in [2.05, 4.69) is 24.7 Å². The highest BCUT2D eigenvalue weighted by molar-refractivity contribution is 5.80. The summed E-state index contributed by atoms with van der Waals surface area (Å²) in [6.07, 6.45) is -4.23. The van der Waals surface area contributed by atoms with Gasteiger partial charge in [-0.15, -0.1) is 0 Å². The molecular formula is C10H14FN5O5. The number of nitrogens with zero attached hydrogens (tertiary/aromatic N) is 3. The Balaban J connectivity index is 0.000000155. The number of ether oxygens (including phenoxy) is 1. The van der Waals surface area contributed by atoms with Gasteiger partial charge in [0.2, 0.25) is 0 Å². The molecule has 1 aliphatic heterocycles. The molecule has 21 heavy (non-hydrogen) atoms. The topological polar surface area (TPSA) is 171 Å². The van der Waals surface area contributed by atoms with Gasteiger partial charge < -0.3 is 35.9 Å². The third-order valence-corrected chi connectivity index (χ3v) is 2.80. The van der Waals surface area contributed by atoms with Gasteiger partial charge in [0, 0.05) is 0 Å². The predicted octanol–water partition coefficient (Wildman–Crippen LogP) is -2.51. The molecule has 0 amide bonds. The third-order valence-electron chi connectivity index (χ3n) is 2.80. The Morgan fingerprint density at radius 1 is 1.29 bits per heavy atom. The third kappa shape index (κ3) is 3.22. The van der Waals surface area contributed by atoms with Crippen molar-refractivity contribution in [3.63, 3.8) is 0 Å². The molecule has 0 radical (unpaired) electrons. The molecule has 0 spiro atoms. The van der Waals surface area contributed by atoms with Crippen LogP contribution in [0.2, 0.25) is 0 Å². The fourth-order valence-electron chi connectivity index (χ4n) is 1.71. The van der Waals surface area contributed by atoms with Crippen molar-refractivity contribution in [1.29, 1.82) is 0 Å². The molecule has 3 heterocycles. The minimum atomic E-state index is -1.38. The van der Waals surface area contributed by atoms with Gasteiger partial charge in [0.1, 0.15) is 23.8 Å². The lowest BCUT2D eigenvalue weighted by Gasteiger charge is -2.09. The summed E-state index contributed by atoms with van der Waals surface area (Å²) in [5, 5.41) is 35.0. The Hall–Kier alpha value is -1.92. The van der Waals surface area contributed by atoms with Crippen LogP contribution in [-0.4, -0.2) is 71.6 Å². The van der Waals surface area contributed by atoms with Crippen LogP contribution in [0.25, 0.3) is 11.2 Å². The standard InChI is InChI=1S/C5H4FN5.C5H10O5/c6-5-10-3(7)2-4(11-5)9-1-8-2;6-1-2-3(7)4(8)5(9)10-2/h1H,(H3,7,8,9,10,11);2-9H,1H2/t;2-,3-,4+,5?/m.1/s1. The summed E-state index contributed by atoms with van der Waals surface area (Å²) in [7, 11) is 0. The first-order valence-electron chi connectivity index (χ1n) is 5.86. The number of aliphatic hydroxyl groups is 4. The normalized spacial score (nSPS) is 28.4. The maximum absolute atomic E-state index is 12.4. The first-order valence-corrected chi connectivity index (χ1v) is 5.86. The molecule has 2 aromatic heterocycles. The number of nitrogens with two attached hydrogens (primary N) is 1. The molecule has 10 nitrogen and oxygen atoms in total. The Kier molecular flexibility index (Phi) is 4.59. The average molecular weight is 303 g/mol. The highest BCUT2D eigenvalue weighted by atomic mass is 19.1. The average Bonchev–Trinajstić information content (AvgIpc) is 3.00. The summed E-state index contributed by atoms with van der Waals surface area (Å²) in [5.41, 5.74) is 6.05. The zero-order valence-corrected chi connectivity index (χ0v) is 10.6. The molecule has 0 aliphatic carbocycles. The molecule has 3 rings (SSSR count). The Labute approximate surface area is 117 Å². The SMILES string of the molecule is Nc1nc(F)nc2nc[nH]c12.OC[C@H]1OC(O)[C@@H](O)[C@@H]1O. The van der Waals surface area contributed by atoms with Crippen molar-refractivity contribution in [2.75, 3.05) is 12.3 Å². The van der Waals surface area contributed by atoms with Crippen molar-refractivity contribution in [3.8, 4) is 0 Å². The number of anilines is 1. The van der Waals surface area contributed by atoms with Crippen LogP contribution in [0.1, 0.15) is 0 Å². The van der Waals surface area contributed by atoms with Gasteiger partial charge in [-0.1, -0.05) is 0 Å². The highest BCUT2D eigenvalue weighted by Crippen LogP contribution is 2.18. The minimum Gasteiger partial charge on any atom is -0.394 e. The second-order valence-corrected chi connectivity index (χ2v) is 4.21. The molecule has 1 unspecified atom stereocenters. The van der Waals surface area contributed by atoms with Gasteiger partial charge in [-0.05, 0) is 0 Å². The van der Waals surface area contributed by atoms with Crippen molar-refractivity contribution in [3.05, 3.63) is 12.4 Å². The van der Waals surface area contributed by atoms with Crippen LogP contribution in [-0.2, 0) is 4.74 Å². The van der Waals surface area contributed by atoms with E-state index < -0.39 is 37.3 Å². The van der Waals surface area contributed by atoms with Gasteiger partial charge in [-0.3, -0.25) is 0 Å². The van der Waals surface area contributed by atoms with E-state index in [0.717, 1.165) is 0 Å². The first kappa shape index (κ1) is 15.5. The number of halogens is 1. The molecule has 4 atom stereocenters. The Morgan fingerprint density at radius 3 is 2.52 bits per heavy atom. The van der Waals surface area contributed by atoms with E-state index in [0.29, 0.717) is 5.52 Å². The number of nitrogen functional groups attached to an aromatic ring is 1. The van der Waals surface area contributed by atoms with E-state index in [1.165, 1.54) is 6.33 Å². The zero-order valence-electron chi connectivity index (χ0n) is 10.6. The van der Waals surface area contributed by atoms with Crippen molar-refractivity contribution in [1.82, 2.24) is 19.9 Å². The van der Waals surface area contributed by atoms with E-state index in [9.17, 15) is 4.39 Å². The van der Waals surface area contributed by atoms with Crippen molar-refractivity contribution in [2.45, 2.75) is 24.6 Å². The maximum Gasteiger partial charge on any atom is 0.312 e. The van der Waals surface area contributed by atoms with Crippen LogP contribution in [0.15, 0.2) is 6.33 Å². The quantitative estimate of drug-likeness (QED) is 0.311. The molecule has 1 aliphatic rings. The number of H-pyrrole nitrogens is 1. The van der Waals surface area contributed by atoms with Crippen LogP contribution < -0.4 is 5.73 Å². The van der Waals surface area contributed by atoms with Crippen LogP contribution in [0, 0.1) is 6.08 Å². The summed E-state index contributed by atoms with van der Waals surface area (Å²) in [5.74, 6) is 0.0741. The number of hydrogen-bond acceptors (Lipinski definition) is 9. The molecule has 1 saturated heterocycles. The van der Waals surface area contributed by atoms with Gasteiger partial charge in [-0.25, -0.2) is 4.98 Å². The predicted molar refractivity (Wildman–Crippen MR) is 66.0 cm³/mol. The number of rotatable bonds is 1. The smallest absolute Gasteiger partial charge is 0.312 e. The number of hydrogen-bond donors (Lipinski definition) is 6. The molecule has 1 fully saturated rings. The van der Waals surface area contributed by atoms with Gasteiger partial charge in [-0.2, -0.15) is 14.4 Å². The largest absolute Gasteiger partial charge is 0.394 e. The van der Waals surface area contributed by atoms with Gasteiger partial charge in [0.25, 0.3) is 0 Å². The Morgan fingerprint density at radius 2 is 2.00 bits per heavy atom. The number of nitrogens with one attached hydrogen (secondary N) is 1. The molecule has 7 N–H and O–H groups in total. The molecule has 11 heteroatoms. The fraction of sp³-hybridized carbons (Fsp3) is 0.500. The maximum atomic E-state index is 12.4. The summed E-state index contributed by atoms with van der Waals surface area (Å²) in [6, 6.07) is 0. The molecule has 0 saturated carbocycles. The number of aliphatic hydroxyl groups excluding tert-OH is 4. The zero-order chi connectivity index (χ0) is 15.6. The monoisotopic (exact) mass is 303 g/mol. The highest BCUT2D eigenvalue weighted by Gasteiger charge is 2.41. The van der Waals surface area contributed by atoms with E-state index in [4.69, 9.17) is 26.2 Å². The second-order valence-electron chi connectivity index (χ2n) is 4.21. The van der Waals surface area contributed by atoms with Gasteiger partial charge in [0.05, 0.1) is 12.9 Å². The number of aromatic amines is 1. The Bertz CT molecular complexity index is 611. The summed E-state index contributed by atoms with van der Waals surface area (Å²) < 4.78 is 17.0. The lowest BCUT2D eigenvalue weighted by Crippen LogP contribution is -2.33. The molecule has 0 aromatic carbocycles. The lowest BCUT2D eigenvalue weighted by molar-refractivity contribution is -0.132. The molecular weight excluding hydrogens is 289 g/mol. The van der Waals surface area contributed by atoms with Gasteiger partial charge in [0.15, 0.2) is 17.8 Å². The van der Waals surface area contributed by atoms with E-state index in [-0.39, 0.29) is 11.5 Å². The van der Waals surface area contributed by atoms with Crippen LogP contribution in [0.5, 0.6) is 0 Å². The molecule has 116 valence electrons. The van der Waals surface area contributed by atoms with Crippen LogP contribution in [0.3, 0.4) is 0 Å². The molecule has 0 bridgehead atoms. The number of imidazole rings is 1. The lowest BCUT2D eigenvalue weighted by atomic mass is 10.1. The van der Waals surface area contributed by atoms with E-state index in [1.54, 1.807) is 0 Å². The fourth-order valence-corrected chi connectivity index (χ4v) is 1.71. The van der Waals surface area contributed by atoms with Gasteiger partial charge >= 0.3 is 6.08 Å².